The standard InChI is InChI=1S/C15H22O2/c1-12-5-6-13-15(11-16,17-13)9-4-8-14(2,3)10-7-12/h4,7-8,11,13H,5-6,9-10H2,1-3H3/b8-4+,12-7+/t13-,15-/m0/s1. The van der Waals surface area contributed by atoms with Crippen LogP contribution in [0.4, 0.5) is 0 Å². The van der Waals surface area contributed by atoms with Crippen LogP contribution in [0.25, 0.3) is 0 Å². The van der Waals surface area contributed by atoms with Crippen molar-refractivity contribution in [1.29, 1.82) is 0 Å². The topological polar surface area (TPSA) is 29.6 Å². The van der Waals surface area contributed by atoms with E-state index < -0.39 is 5.60 Å². The molecule has 0 N–H and O–H groups in total. The van der Waals surface area contributed by atoms with Crippen molar-refractivity contribution < 1.29 is 9.53 Å². The maximum atomic E-state index is 11.1. The van der Waals surface area contributed by atoms with Crippen LogP contribution in [0.2, 0.25) is 0 Å². The number of fused-ring (bicyclic) bond motifs is 1. The van der Waals surface area contributed by atoms with Gasteiger partial charge in [0.1, 0.15) is 0 Å². The highest BCUT2D eigenvalue weighted by atomic mass is 16.6. The summed E-state index contributed by atoms with van der Waals surface area (Å²) in [6.45, 7) is 6.62. The number of carbonyl (C=O) groups is 1. The summed E-state index contributed by atoms with van der Waals surface area (Å²) in [6.07, 6.45) is 11.6. The second-order valence-electron chi connectivity index (χ2n) is 6.07. The average Bonchev–Trinajstić information content (AvgIpc) is 2.97. The van der Waals surface area contributed by atoms with E-state index in [0.29, 0.717) is 0 Å². The number of allylic oxidation sites excluding steroid dienone is 3. The molecule has 1 aliphatic carbocycles. The Morgan fingerprint density at radius 2 is 2.18 bits per heavy atom. The predicted octanol–water partition coefficient (Wildman–Crippen LogP) is 3.43. The fourth-order valence-electron chi connectivity index (χ4n) is 2.39. The molecule has 0 unspecified atom stereocenters. The van der Waals surface area contributed by atoms with Crippen LogP contribution < -0.4 is 0 Å². The summed E-state index contributed by atoms with van der Waals surface area (Å²) in [7, 11) is 0. The van der Waals surface area contributed by atoms with E-state index in [-0.39, 0.29) is 11.5 Å². The van der Waals surface area contributed by atoms with Gasteiger partial charge in [-0.1, -0.05) is 37.6 Å². The molecule has 94 valence electrons. The van der Waals surface area contributed by atoms with Crippen LogP contribution in [0.1, 0.15) is 46.5 Å². The van der Waals surface area contributed by atoms with Crippen molar-refractivity contribution in [2.75, 3.05) is 0 Å². The van der Waals surface area contributed by atoms with Gasteiger partial charge in [0.15, 0.2) is 11.9 Å². The molecule has 1 saturated heterocycles. The third kappa shape index (κ3) is 2.86. The predicted molar refractivity (Wildman–Crippen MR) is 68.8 cm³/mol. The van der Waals surface area contributed by atoms with Crippen LogP contribution in [0.3, 0.4) is 0 Å². The van der Waals surface area contributed by atoms with Gasteiger partial charge in [-0.2, -0.15) is 0 Å². The molecule has 0 aromatic carbocycles. The van der Waals surface area contributed by atoms with Gasteiger partial charge in [-0.25, -0.2) is 0 Å². The van der Waals surface area contributed by atoms with Gasteiger partial charge in [0, 0.05) is 6.42 Å². The van der Waals surface area contributed by atoms with Gasteiger partial charge in [0.2, 0.25) is 0 Å². The van der Waals surface area contributed by atoms with Crippen LogP contribution >= 0.6 is 0 Å². The highest BCUT2D eigenvalue weighted by Gasteiger charge is 2.55. The first-order valence-electron chi connectivity index (χ1n) is 6.45. The first-order chi connectivity index (χ1) is 7.97. The first kappa shape index (κ1) is 12.6. The molecule has 0 bridgehead atoms. The Morgan fingerprint density at radius 3 is 2.88 bits per heavy atom. The number of hydrogen-bond acceptors (Lipinski definition) is 2. The normalized spacial score (nSPS) is 41.4. The second-order valence-corrected chi connectivity index (χ2v) is 6.07. The monoisotopic (exact) mass is 234 g/mol. The lowest BCUT2D eigenvalue weighted by atomic mass is 9.87. The van der Waals surface area contributed by atoms with E-state index in [1.54, 1.807) is 0 Å². The summed E-state index contributed by atoms with van der Waals surface area (Å²) in [6, 6.07) is 0. The molecule has 1 aliphatic heterocycles. The van der Waals surface area contributed by atoms with E-state index in [9.17, 15) is 4.79 Å². The SMILES string of the molecule is C/C1=C\CC(C)(C)/C=C/C[C@@]2(C=O)O[C@H]2CC1. The molecule has 2 rings (SSSR count). The van der Waals surface area contributed by atoms with Gasteiger partial charge in [0.25, 0.3) is 0 Å². The molecule has 17 heavy (non-hydrogen) atoms. The van der Waals surface area contributed by atoms with Crippen molar-refractivity contribution in [3.05, 3.63) is 23.8 Å². The summed E-state index contributed by atoms with van der Waals surface area (Å²) in [5.41, 5.74) is 1.07. The maximum Gasteiger partial charge on any atom is 0.154 e. The number of epoxide rings is 1. The molecule has 0 amide bonds. The summed E-state index contributed by atoms with van der Waals surface area (Å²) in [5, 5.41) is 0. The van der Waals surface area contributed by atoms with Crippen LogP contribution in [-0.4, -0.2) is 18.0 Å². The van der Waals surface area contributed by atoms with Crippen molar-refractivity contribution in [3.8, 4) is 0 Å². The molecule has 2 aliphatic rings. The zero-order chi connectivity index (χ0) is 12.5. The molecular formula is C15H22O2. The summed E-state index contributed by atoms with van der Waals surface area (Å²) in [5.74, 6) is 0. The van der Waals surface area contributed by atoms with Gasteiger partial charge >= 0.3 is 0 Å². The molecule has 0 aromatic rings. The summed E-state index contributed by atoms with van der Waals surface area (Å²) >= 11 is 0. The molecule has 1 fully saturated rings. The largest absolute Gasteiger partial charge is 0.358 e. The van der Waals surface area contributed by atoms with E-state index in [4.69, 9.17) is 4.74 Å². The average molecular weight is 234 g/mol. The maximum absolute atomic E-state index is 11.1. The van der Waals surface area contributed by atoms with Crippen molar-refractivity contribution in [1.82, 2.24) is 0 Å². The smallest absolute Gasteiger partial charge is 0.154 e. The van der Waals surface area contributed by atoms with Gasteiger partial charge in [-0.05, 0) is 31.6 Å². The highest BCUT2D eigenvalue weighted by molar-refractivity contribution is 5.68. The summed E-state index contributed by atoms with van der Waals surface area (Å²) < 4.78 is 5.60. The van der Waals surface area contributed by atoms with Gasteiger partial charge < -0.3 is 9.53 Å². The van der Waals surface area contributed by atoms with Crippen LogP contribution in [0, 0.1) is 5.41 Å². The molecule has 2 nitrogen and oxygen atoms in total. The Hall–Kier alpha value is -0.890. The highest BCUT2D eigenvalue weighted by Crippen LogP contribution is 2.42. The van der Waals surface area contributed by atoms with Gasteiger partial charge in [-0.3, -0.25) is 0 Å². The fraction of sp³-hybridized carbons (Fsp3) is 0.667. The minimum Gasteiger partial charge on any atom is -0.358 e. The summed E-state index contributed by atoms with van der Waals surface area (Å²) in [4.78, 5) is 11.1. The Kier molecular flexibility index (Phi) is 3.26. The molecule has 0 radical (unpaired) electrons. The lowest BCUT2D eigenvalue weighted by Gasteiger charge is -2.18. The van der Waals surface area contributed by atoms with Gasteiger partial charge in [-0.15, -0.1) is 0 Å². The third-order valence-electron chi connectivity index (χ3n) is 3.83. The van der Waals surface area contributed by atoms with Crippen LogP contribution in [-0.2, 0) is 9.53 Å². The lowest BCUT2D eigenvalue weighted by Crippen LogP contribution is -2.16. The van der Waals surface area contributed by atoms with Crippen molar-refractivity contribution in [2.24, 2.45) is 5.41 Å². The quantitative estimate of drug-likeness (QED) is 0.395. The van der Waals surface area contributed by atoms with E-state index in [2.05, 4.69) is 39.0 Å². The minimum atomic E-state index is -0.503. The second kappa shape index (κ2) is 4.41. The molecule has 2 heteroatoms. The molecule has 0 saturated carbocycles. The van der Waals surface area contributed by atoms with E-state index >= 15 is 0 Å². The third-order valence-corrected chi connectivity index (χ3v) is 3.83. The first-order valence-corrected chi connectivity index (χ1v) is 6.45. The van der Waals surface area contributed by atoms with E-state index in [0.717, 1.165) is 32.0 Å². The van der Waals surface area contributed by atoms with Crippen LogP contribution in [0.5, 0.6) is 0 Å². The zero-order valence-corrected chi connectivity index (χ0v) is 11.0. The Bertz CT molecular complexity index is 365. The van der Waals surface area contributed by atoms with Crippen LogP contribution in [0.15, 0.2) is 23.8 Å². The molecule has 0 aromatic heterocycles. The van der Waals surface area contributed by atoms with Gasteiger partial charge in [0.05, 0.1) is 6.10 Å². The number of carbonyl (C=O) groups excluding carboxylic acids is 1. The Balaban J connectivity index is 2.15. The number of aldehydes is 1. The molecular weight excluding hydrogens is 212 g/mol. The Labute approximate surface area is 104 Å². The molecule has 0 spiro atoms. The number of rotatable bonds is 1. The number of hydrogen-bond donors (Lipinski definition) is 0. The van der Waals surface area contributed by atoms with Crippen molar-refractivity contribution >= 4 is 6.29 Å². The number of ether oxygens (including phenoxy) is 1. The molecule has 1 heterocycles. The lowest BCUT2D eigenvalue weighted by molar-refractivity contribution is -0.112. The van der Waals surface area contributed by atoms with E-state index in [1.165, 1.54) is 5.57 Å². The van der Waals surface area contributed by atoms with Crippen molar-refractivity contribution in [3.63, 3.8) is 0 Å². The Morgan fingerprint density at radius 1 is 1.41 bits per heavy atom. The zero-order valence-electron chi connectivity index (χ0n) is 11.0. The fourth-order valence-corrected chi connectivity index (χ4v) is 2.39. The minimum absolute atomic E-state index is 0.134. The van der Waals surface area contributed by atoms with Crippen molar-refractivity contribution in [2.45, 2.75) is 58.2 Å². The van der Waals surface area contributed by atoms with E-state index in [1.807, 2.05) is 0 Å². The molecule has 2 atom stereocenters.